The molecule has 0 saturated carbocycles. The second-order valence-corrected chi connectivity index (χ2v) is 3.75. The molecule has 0 saturated heterocycles. The van der Waals surface area contributed by atoms with Crippen molar-refractivity contribution < 1.29 is 9.53 Å². The molecule has 0 spiro atoms. The number of carbonyl (C=O) groups is 1. The Morgan fingerprint density at radius 3 is 3.06 bits per heavy atom. The normalized spacial score (nSPS) is 12.4. The summed E-state index contributed by atoms with van der Waals surface area (Å²) < 4.78 is 6.81. The number of nitrogens with zero attached hydrogens (tertiary/aromatic N) is 2. The van der Waals surface area contributed by atoms with E-state index in [-0.39, 0.29) is 11.9 Å². The van der Waals surface area contributed by atoms with Crippen molar-refractivity contribution in [2.45, 2.75) is 32.9 Å². The van der Waals surface area contributed by atoms with Crippen molar-refractivity contribution in [3.05, 3.63) is 18.2 Å². The van der Waals surface area contributed by atoms with Crippen LogP contribution in [0.25, 0.3) is 0 Å². The first-order valence-electron chi connectivity index (χ1n) is 5.45. The molecular weight excluding hydrogens is 206 g/mol. The number of methoxy groups -OCH3 is 1. The molecule has 1 atom stereocenters. The average Bonchev–Trinajstić information content (AvgIpc) is 2.65. The molecule has 1 heterocycles. The van der Waals surface area contributed by atoms with E-state index in [1.165, 1.54) is 0 Å². The van der Waals surface area contributed by atoms with Gasteiger partial charge >= 0.3 is 0 Å². The highest BCUT2D eigenvalue weighted by Gasteiger charge is 2.09. The van der Waals surface area contributed by atoms with Gasteiger partial charge in [0.1, 0.15) is 12.4 Å². The van der Waals surface area contributed by atoms with Crippen LogP contribution in [0.15, 0.2) is 12.4 Å². The van der Waals surface area contributed by atoms with Gasteiger partial charge in [0.15, 0.2) is 0 Å². The zero-order valence-corrected chi connectivity index (χ0v) is 10.1. The standard InChI is InChI=1S/C11H19N3O2/c1-4-10-12-5-6-14(10)7-11(15)13-9(2)8-16-3/h5-6,9H,4,7-8H2,1-3H3,(H,13,15). The van der Waals surface area contributed by atoms with Crippen molar-refractivity contribution in [2.75, 3.05) is 13.7 Å². The van der Waals surface area contributed by atoms with E-state index in [1.54, 1.807) is 13.3 Å². The molecule has 0 aromatic carbocycles. The number of ether oxygens (including phenoxy) is 1. The zero-order valence-electron chi connectivity index (χ0n) is 10.1. The van der Waals surface area contributed by atoms with Crippen molar-refractivity contribution >= 4 is 5.91 Å². The van der Waals surface area contributed by atoms with Gasteiger partial charge in [-0.05, 0) is 6.92 Å². The zero-order chi connectivity index (χ0) is 12.0. The quantitative estimate of drug-likeness (QED) is 0.771. The van der Waals surface area contributed by atoms with Gasteiger partial charge in [0.05, 0.1) is 6.61 Å². The van der Waals surface area contributed by atoms with Gasteiger partial charge in [0, 0.05) is 32.0 Å². The summed E-state index contributed by atoms with van der Waals surface area (Å²) in [5.41, 5.74) is 0. The van der Waals surface area contributed by atoms with Gasteiger partial charge in [-0.3, -0.25) is 4.79 Å². The van der Waals surface area contributed by atoms with E-state index in [0.717, 1.165) is 12.2 Å². The molecule has 0 aliphatic heterocycles. The summed E-state index contributed by atoms with van der Waals surface area (Å²) in [5.74, 6) is 0.909. The molecule has 0 aliphatic carbocycles. The lowest BCUT2D eigenvalue weighted by molar-refractivity contribution is -0.122. The second-order valence-electron chi connectivity index (χ2n) is 3.75. The number of hydrogen-bond acceptors (Lipinski definition) is 3. The fourth-order valence-electron chi connectivity index (χ4n) is 1.57. The first-order chi connectivity index (χ1) is 7.67. The van der Waals surface area contributed by atoms with Crippen LogP contribution < -0.4 is 5.32 Å². The molecule has 5 nitrogen and oxygen atoms in total. The maximum absolute atomic E-state index is 11.6. The summed E-state index contributed by atoms with van der Waals surface area (Å²) in [6.07, 6.45) is 4.36. The molecule has 0 bridgehead atoms. The molecule has 16 heavy (non-hydrogen) atoms. The number of rotatable bonds is 6. The summed E-state index contributed by atoms with van der Waals surface area (Å²) in [4.78, 5) is 15.8. The Balaban J connectivity index is 2.45. The molecular formula is C11H19N3O2. The highest BCUT2D eigenvalue weighted by molar-refractivity contribution is 5.76. The van der Waals surface area contributed by atoms with E-state index in [4.69, 9.17) is 4.74 Å². The van der Waals surface area contributed by atoms with Crippen molar-refractivity contribution in [3.63, 3.8) is 0 Å². The van der Waals surface area contributed by atoms with E-state index in [2.05, 4.69) is 10.3 Å². The van der Waals surface area contributed by atoms with Crippen molar-refractivity contribution in [2.24, 2.45) is 0 Å². The van der Waals surface area contributed by atoms with Gasteiger partial charge in [-0.25, -0.2) is 4.98 Å². The fourth-order valence-corrected chi connectivity index (χ4v) is 1.57. The largest absolute Gasteiger partial charge is 0.383 e. The lowest BCUT2D eigenvalue weighted by Crippen LogP contribution is -2.37. The van der Waals surface area contributed by atoms with Crippen LogP contribution in [0.5, 0.6) is 0 Å². The van der Waals surface area contributed by atoms with Crippen molar-refractivity contribution in [1.82, 2.24) is 14.9 Å². The molecule has 0 aliphatic rings. The van der Waals surface area contributed by atoms with Gasteiger partial charge in [0.2, 0.25) is 5.91 Å². The monoisotopic (exact) mass is 225 g/mol. The number of aromatic nitrogens is 2. The fraction of sp³-hybridized carbons (Fsp3) is 0.636. The smallest absolute Gasteiger partial charge is 0.240 e. The summed E-state index contributed by atoms with van der Waals surface area (Å²) in [6, 6.07) is 0.0334. The summed E-state index contributed by atoms with van der Waals surface area (Å²) in [7, 11) is 1.62. The Kier molecular flexibility index (Phi) is 4.98. The molecule has 1 aromatic rings. The maximum Gasteiger partial charge on any atom is 0.240 e. The third kappa shape index (κ3) is 3.66. The van der Waals surface area contributed by atoms with E-state index >= 15 is 0 Å². The number of carbonyl (C=O) groups excluding carboxylic acids is 1. The van der Waals surface area contributed by atoms with Gasteiger partial charge < -0.3 is 14.6 Å². The van der Waals surface area contributed by atoms with E-state index in [9.17, 15) is 4.79 Å². The topological polar surface area (TPSA) is 56.2 Å². The number of amides is 1. The molecule has 1 rings (SSSR count). The first kappa shape index (κ1) is 12.7. The highest BCUT2D eigenvalue weighted by Crippen LogP contribution is 1.98. The number of imidazole rings is 1. The summed E-state index contributed by atoms with van der Waals surface area (Å²) in [5, 5.41) is 2.86. The molecule has 1 unspecified atom stereocenters. The number of hydrogen-bond donors (Lipinski definition) is 1. The highest BCUT2D eigenvalue weighted by atomic mass is 16.5. The molecule has 0 radical (unpaired) electrons. The Morgan fingerprint density at radius 1 is 1.69 bits per heavy atom. The Bertz CT molecular complexity index is 336. The van der Waals surface area contributed by atoms with Crippen molar-refractivity contribution in [3.8, 4) is 0 Å². The molecule has 5 heteroatoms. The van der Waals surface area contributed by atoms with Crippen LogP contribution in [0.4, 0.5) is 0 Å². The average molecular weight is 225 g/mol. The van der Waals surface area contributed by atoms with Crippen LogP contribution in [0, 0.1) is 0 Å². The van der Waals surface area contributed by atoms with Crippen LogP contribution in [-0.4, -0.2) is 35.2 Å². The Hall–Kier alpha value is -1.36. The lowest BCUT2D eigenvalue weighted by atomic mass is 10.3. The van der Waals surface area contributed by atoms with E-state index in [1.807, 2.05) is 24.6 Å². The Labute approximate surface area is 95.8 Å². The van der Waals surface area contributed by atoms with Crippen LogP contribution >= 0.6 is 0 Å². The van der Waals surface area contributed by atoms with Crippen molar-refractivity contribution in [1.29, 1.82) is 0 Å². The van der Waals surface area contributed by atoms with Crippen LogP contribution in [0.3, 0.4) is 0 Å². The molecule has 0 fully saturated rings. The summed E-state index contributed by atoms with van der Waals surface area (Å²) >= 11 is 0. The minimum Gasteiger partial charge on any atom is -0.383 e. The van der Waals surface area contributed by atoms with Gasteiger partial charge in [-0.2, -0.15) is 0 Å². The predicted molar refractivity (Wildman–Crippen MR) is 61.1 cm³/mol. The number of aryl methyl sites for hydroxylation is 1. The predicted octanol–water partition coefficient (Wildman–Crippen LogP) is 0.597. The van der Waals surface area contributed by atoms with E-state index < -0.39 is 0 Å². The van der Waals surface area contributed by atoms with Gasteiger partial charge in [0.25, 0.3) is 0 Å². The van der Waals surface area contributed by atoms with Gasteiger partial charge in [-0.15, -0.1) is 0 Å². The minimum atomic E-state index is -0.0164. The van der Waals surface area contributed by atoms with Crippen LogP contribution in [0.1, 0.15) is 19.7 Å². The Morgan fingerprint density at radius 2 is 2.44 bits per heavy atom. The molecule has 90 valence electrons. The third-order valence-corrected chi connectivity index (χ3v) is 2.26. The van der Waals surface area contributed by atoms with Crippen LogP contribution in [0.2, 0.25) is 0 Å². The first-order valence-corrected chi connectivity index (χ1v) is 5.45. The second kappa shape index (κ2) is 6.27. The third-order valence-electron chi connectivity index (χ3n) is 2.26. The number of nitrogens with one attached hydrogen (secondary N) is 1. The van der Waals surface area contributed by atoms with Crippen LogP contribution in [-0.2, 0) is 22.5 Å². The maximum atomic E-state index is 11.6. The lowest BCUT2D eigenvalue weighted by Gasteiger charge is -2.13. The van der Waals surface area contributed by atoms with Gasteiger partial charge in [-0.1, -0.05) is 6.92 Å². The molecule has 1 amide bonds. The van der Waals surface area contributed by atoms with E-state index in [0.29, 0.717) is 13.2 Å². The minimum absolute atomic E-state index is 0.0164. The molecule has 1 aromatic heterocycles. The molecule has 1 N–H and O–H groups in total. The SMILES string of the molecule is CCc1nccn1CC(=O)NC(C)COC. The summed E-state index contributed by atoms with van der Waals surface area (Å²) in [6.45, 7) is 4.77.